The van der Waals surface area contributed by atoms with Crippen LogP contribution in [0, 0.1) is 0 Å². The van der Waals surface area contributed by atoms with Gasteiger partial charge in [0.25, 0.3) is 0 Å². The number of nitrogens with one attached hydrogen (secondary N) is 1. The molecule has 0 aromatic heterocycles. The maximum Gasteiger partial charge on any atom is 0.231 e. The maximum atomic E-state index is 5.33. The van der Waals surface area contributed by atoms with Crippen molar-refractivity contribution in [3.05, 3.63) is 52.5 Å². The van der Waals surface area contributed by atoms with Crippen molar-refractivity contribution in [3.8, 4) is 11.5 Å². The van der Waals surface area contributed by atoms with E-state index >= 15 is 0 Å². The first kappa shape index (κ1) is 12.0. The lowest BCUT2D eigenvalue weighted by molar-refractivity contribution is 0.174. The Morgan fingerprint density at radius 1 is 1.11 bits per heavy atom. The predicted octanol–water partition coefficient (Wildman–Crippen LogP) is 3.62. The molecule has 0 spiro atoms. The smallest absolute Gasteiger partial charge is 0.231 e. The molecule has 19 heavy (non-hydrogen) atoms. The van der Waals surface area contributed by atoms with Crippen LogP contribution in [0.3, 0.4) is 0 Å². The molecule has 2 aromatic carbocycles. The third-order valence-electron chi connectivity index (χ3n) is 2.66. The van der Waals surface area contributed by atoms with E-state index in [0.717, 1.165) is 27.2 Å². The van der Waals surface area contributed by atoms with Crippen molar-refractivity contribution in [2.24, 2.45) is 5.10 Å². The topological polar surface area (TPSA) is 42.9 Å². The molecule has 0 saturated heterocycles. The summed E-state index contributed by atoms with van der Waals surface area (Å²) >= 11 is 3.48. The highest BCUT2D eigenvalue weighted by atomic mass is 79.9. The van der Waals surface area contributed by atoms with Crippen molar-refractivity contribution in [2.75, 3.05) is 12.2 Å². The minimum absolute atomic E-state index is 0.268. The number of halogens is 1. The number of rotatable bonds is 3. The Balaban J connectivity index is 1.76. The van der Waals surface area contributed by atoms with Crippen LogP contribution in [0.1, 0.15) is 5.56 Å². The SMILES string of the molecule is Brc1cc2c(cc1/C=N/Nc1ccccc1)OCO2. The number of benzene rings is 2. The lowest BCUT2D eigenvalue weighted by Crippen LogP contribution is -1.93. The van der Waals surface area contributed by atoms with Crippen LogP contribution in [-0.4, -0.2) is 13.0 Å². The summed E-state index contributed by atoms with van der Waals surface area (Å²) in [5.74, 6) is 1.49. The molecule has 1 aliphatic rings. The first-order chi connectivity index (χ1) is 9.33. The Kier molecular flexibility index (Phi) is 3.37. The number of hydrazone groups is 1. The molecule has 96 valence electrons. The second-order valence-electron chi connectivity index (χ2n) is 3.96. The highest BCUT2D eigenvalue weighted by Crippen LogP contribution is 2.36. The zero-order valence-electron chi connectivity index (χ0n) is 9.97. The molecule has 0 atom stereocenters. The zero-order valence-corrected chi connectivity index (χ0v) is 11.6. The van der Waals surface area contributed by atoms with Gasteiger partial charge in [0.1, 0.15) is 0 Å². The van der Waals surface area contributed by atoms with Crippen LogP contribution in [0.25, 0.3) is 0 Å². The molecule has 0 amide bonds. The molecule has 2 aromatic rings. The molecule has 1 N–H and O–H groups in total. The number of hydrogen-bond donors (Lipinski definition) is 1. The molecule has 0 saturated carbocycles. The number of fused-ring (bicyclic) bond motifs is 1. The predicted molar refractivity (Wildman–Crippen MR) is 77.9 cm³/mol. The van der Waals surface area contributed by atoms with Crippen molar-refractivity contribution >= 4 is 27.8 Å². The number of nitrogens with zero attached hydrogens (tertiary/aromatic N) is 1. The third kappa shape index (κ3) is 2.71. The molecule has 1 aliphatic heterocycles. The van der Waals surface area contributed by atoms with Crippen LogP contribution < -0.4 is 14.9 Å². The summed E-state index contributed by atoms with van der Waals surface area (Å²) in [4.78, 5) is 0. The van der Waals surface area contributed by atoms with E-state index < -0.39 is 0 Å². The summed E-state index contributed by atoms with van der Waals surface area (Å²) in [6, 6.07) is 13.5. The lowest BCUT2D eigenvalue weighted by Gasteiger charge is -2.02. The van der Waals surface area contributed by atoms with E-state index in [4.69, 9.17) is 9.47 Å². The van der Waals surface area contributed by atoms with Gasteiger partial charge in [0.2, 0.25) is 6.79 Å². The number of ether oxygens (including phenoxy) is 2. The van der Waals surface area contributed by atoms with Gasteiger partial charge < -0.3 is 9.47 Å². The number of para-hydroxylation sites is 1. The van der Waals surface area contributed by atoms with Crippen LogP contribution in [0.5, 0.6) is 11.5 Å². The van der Waals surface area contributed by atoms with E-state index in [9.17, 15) is 0 Å². The molecule has 0 radical (unpaired) electrons. The molecule has 5 heteroatoms. The molecule has 4 nitrogen and oxygen atoms in total. The van der Waals surface area contributed by atoms with E-state index in [0.29, 0.717) is 0 Å². The van der Waals surface area contributed by atoms with Gasteiger partial charge in [-0.15, -0.1) is 0 Å². The summed E-state index contributed by atoms with van der Waals surface area (Å²) in [6.07, 6.45) is 1.74. The number of hydrogen-bond acceptors (Lipinski definition) is 4. The van der Waals surface area contributed by atoms with Crippen molar-refractivity contribution in [1.82, 2.24) is 0 Å². The zero-order chi connectivity index (χ0) is 13.1. The Labute approximate surface area is 119 Å². The Morgan fingerprint density at radius 3 is 2.63 bits per heavy atom. The van der Waals surface area contributed by atoms with Crippen molar-refractivity contribution < 1.29 is 9.47 Å². The van der Waals surface area contributed by atoms with Gasteiger partial charge in [0.05, 0.1) is 11.9 Å². The maximum absolute atomic E-state index is 5.33. The Bertz CT molecular complexity index is 614. The average molecular weight is 319 g/mol. The fraction of sp³-hybridized carbons (Fsp3) is 0.0714. The standard InChI is InChI=1S/C14H11BrN2O2/c15-12-7-14-13(18-9-19-14)6-10(12)8-16-17-11-4-2-1-3-5-11/h1-8,17H,9H2/b16-8+. The van der Waals surface area contributed by atoms with Crippen molar-refractivity contribution in [3.63, 3.8) is 0 Å². The van der Waals surface area contributed by atoms with E-state index in [2.05, 4.69) is 26.5 Å². The van der Waals surface area contributed by atoms with Crippen LogP contribution in [0.4, 0.5) is 5.69 Å². The van der Waals surface area contributed by atoms with E-state index in [1.807, 2.05) is 42.5 Å². The van der Waals surface area contributed by atoms with Crippen LogP contribution >= 0.6 is 15.9 Å². The lowest BCUT2D eigenvalue weighted by atomic mass is 10.2. The van der Waals surface area contributed by atoms with Gasteiger partial charge in [-0.3, -0.25) is 5.43 Å². The molecular formula is C14H11BrN2O2. The molecule has 0 aliphatic carbocycles. The van der Waals surface area contributed by atoms with Gasteiger partial charge in [-0.2, -0.15) is 5.10 Å². The summed E-state index contributed by atoms with van der Waals surface area (Å²) in [7, 11) is 0. The van der Waals surface area contributed by atoms with Crippen LogP contribution in [0.2, 0.25) is 0 Å². The van der Waals surface area contributed by atoms with Crippen LogP contribution in [-0.2, 0) is 0 Å². The van der Waals surface area contributed by atoms with Gasteiger partial charge in [-0.25, -0.2) is 0 Å². The minimum atomic E-state index is 0.268. The summed E-state index contributed by atoms with van der Waals surface area (Å²) in [5.41, 5.74) is 4.83. The second-order valence-corrected chi connectivity index (χ2v) is 4.82. The van der Waals surface area contributed by atoms with Crippen molar-refractivity contribution in [1.29, 1.82) is 0 Å². The fourth-order valence-corrected chi connectivity index (χ4v) is 2.15. The van der Waals surface area contributed by atoms with E-state index in [-0.39, 0.29) is 6.79 Å². The molecule has 0 fully saturated rings. The quantitative estimate of drug-likeness (QED) is 0.694. The second kappa shape index (κ2) is 5.32. The molecule has 0 unspecified atom stereocenters. The van der Waals surface area contributed by atoms with Gasteiger partial charge in [0, 0.05) is 10.0 Å². The van der Waals surface area contributed by atoms with E-state index in [1.165, 1.54) is 0 Å². The first-order valence-electron chi connectivity index (χ1n) is 5.76. The molecule has 3 rings (SSSR count). The van der Waals surface area contributed by atoms with Crippen LogP contribution in [0.15, 0.2) is 52.0 Å². The Morgan fingerprint density at radius 2 is 1.84 bits per heavy atom. The first-order valence-corrected chi connectivity index (χ1v) is 6.55. The monoisotopic (exact) mass is 318 g/mol. The molecule has 0 bridgehead atoms. The van der Waals surface area contributed by atoms with Crippen molar-refractivity contribution in [2.45, 2.75) is 0 Å². The van der Waals surface area contributed by atoms with Gasteiger partial charge in [-0.05, 0) is 40.2 Å². The highest BCUT2D eigenvalue weighted by Gasteiger charge is 2.15. The van der Waals surface area contributed by atoms with E-state index in [1.54, 1.807) is 6.21 Å². The fourth-order valence-electron chi connectivity index (χ4n) is 1.72. The normalized spacial score (nSPS) is 12.9. The van der Waals surface area contributed by atoms with Gasteiger partial charge >= 0.3 is 0 Å². The average Bonchev–Trinajstić information content (AvgIpc) is 2.87. The largest absolute Gasteiger partial charge is 0.454 e. The van der Waals surface area contributed by atoms with Gasteiger partial charge in [-0.1, -0.05) is 18.2 Å². The van der Waals surface area contributed by atoms with Gasteiger partial charge in [0.15, 0.2) is 11.5 Å². The summed E-state index contributed by atoms with van der Waals surface area (Å²) in [6.45, 7) is 0.268. The third-order valence-corrected chi connectivity index (χ3v) is 3.35. The minimum Gasteiger partial charge on any atom is -0.454 e. The highest BCUT2D eigenvalue weighted by molar-refractivity contribution is 9.10. The summed E-state index contributed by atoms with van der Waals surface area (Å²) < 4.78 is 11.5. The molecular weight excluding hydrogens is 308 g/mol. The number of anilines is 1. The Hall–Kier alpha value is -2.01. The molecule has 1 heterocycles. The summed E-state index contributed by atoms with van der Waals surface area (Å²) in [5, 5.41) is 4.20.